The summed E-state index contributed by atoms with van der Waals surface area (Å²) in [5.41, 5.74) is 3.35. The minimum atomic E-state index is -0.408. The minimum Gasteiger partial charge on any atom is -0.276 e. The zero-order valence-corrected chi connectivity index (χ0v) is 17.9. The number of allylic oxidation sites excluding steroid dienone is 7. The van der Waals surface area contributed by atoms with Gasteiger partial charge in [-0.3, -0.25) is 4.57 Å². The lowest BCUT2D eigenvalue weighted by Crippen LogP contribution is -2.37. The number of aromatic nitrogens is 3. The highest BCUT2D eigenvalue weighted by Crippen LogP contribution is 2.28. The molecule has 1 aromatic carbocycles. The molecule has 1 heterocycles. The number of hydrogen-bond acceptors (Lipinski definition) is 2. The summed E-state index contributed by atoms with van der Waals surface area (Å²) in [6, 6.07) is 7.69. The molecule has 152 valence electrons. The first-order valence-corrected chi connectivity index (χ1v) is 9.76. The summed E-state index contributed by atoms with van der Waals surface area (Å²) in [5.74, 6) is 0.226. The average molecular weight is 390 g/mol. The molecule has 0 bridgehead atoms. The quantitative estimate of drug-likeness (QED) is 0.517. The molecule has 0 N–H and O–H groups in total. The Labute approximate surface area is 173 Å². The van der Waals surface area contributed by atoms with Gasteiger partial charge in [0, 0.05) is 5.54 Å². The molecule has 1 atom stereocenters. The second-order valence-corrected chi connectivity index (χ2v) is 7.94. The molecule has 4 nitrogen and oxygen atoms in total. The Morgan fingerprint density at radius 3 is 2.41 bits per heavy atom. The van der Waals surface area contributed by atoms with Crippen LogP contribution in [-0.4, -0.2) is 14.3 Å². The molecule has 2 aromatic rings. The molecule has 0 amide bonds. The van der Waals surface area contributed by atoms with Gasteiger partial charge in [-0.2, -0.15) is 9.78 Å². The zero-order valence-electron chi connectivity index (χ0n) is 17.9. The van der Waals surface area contributed by atoms with Crippen molar-refractivity contribution in [2.45, 2.75) is 39.7 Å². The van der Waals surface area contributed by atoms with Gasteiger partial charge in [0.1, 0.15) is 6.33 Å². The molecule has 0 aliphatic carbocycles. The first kappa shape index (κ1) is 22.2. The van der Waals surface area contributed by atoms with Crippen LogP contribution in [0.5, 0.6) is 0 Å². The predicted octanol–water partition coefficient (Wildman–Crippen LogP) is 5.68. The molecule has 0 radical (unpaired) electrons. The Kier molecular flexibility index (Phi) is 7.16. The van der Waals surface area contributed by atoms with Crippen molar-refractivity contribution in [1.82, 2.24) is 14.3 Å². The molecule has 1 aromatic heterocycles. The smallest absolute Gasteiger partial charge is 0.276 e. The molecular weight excluding hydrogens is 358 g/mol. The van der Waals surface area contributed by atoms with Gasteiger partial charge < -0.3 is 0 Å². The van der Waals surface area contributed by atoms with Crippen LogP contribution in [0.4, 0.5) is 0 Å². The van der Waals surface area contributed by atoms with Crippen molar-refractivity contribution in [3.05, 3.63) is 102 Å². The zero-order chi connectivity index (χ0) is 21.6. The molecule has 0 saturated carbocycles. The van der Waals surface area contributed by atoms with E-state index in [1.165, 1.54) is 4.68 Å². The summed E-state index contributed by atoms with van der Waals surface area (Å²) < 4.78 is 3.14. The highest BCUT2D eigenvalue weighted by Gasteiger charge is 2.27. The maximum Gasteiger partial charge on any atom is 0.351 e. The van der Waals surface area contributed by atoms with Gasteiger partial charge >= 0.3 is 5.69 Å². The maximum absolute atomic E-state index is 13.1. The van der Waals surface area contributed by atoms with Crippen molar-refractivity contribution in [3.8, 4) is 5.69 Å². The number of rotatable bonds is 9. The van der Waals surface area contributed by atoms with E-state index >= 15 is 0 Å². The molecule has 0 spiro atoms. The van der Waals surface area contributed by atoms with E-state index in [1.807, 2.05) is 49.4 Å². The van der Waals surface area contributed by atoms with Gasteiger partial charge in [0.15, 0.2) is 0 Å². The molecule has 0 aliphatic heterocycles. The van der Waals surface area contributed by atoms with Crippen molar-refractivity contribution in [2.75, 3.05) is 0 Å². The molecule has 29 heavy (non-hydrogen) atoms. The number of nitrogens with zero attached hydrogens (tertiary/aromatic N) is 3. The lowest BCUT2D eigenvalue weighted by molar-refractivity contribution is 0.284. The fraction of sp³-hybridized carbons (Fsp3) is 0.280. The minimum absolute atomic E-state index is 0.152. The maximum atomic E-state index is 13.1. The molecular formula is C25H31N3O. The fourth-order valence-electron chi connectivity index (χ4n) is 3.45. The van der Waals surface area contributed by atoms with Crippen LogP contribution in [-0.2, 0) is 5.54 Å². The number of hydrogen-bond donors (Lipinski definition) is 0. The Bertz CT molecular complexity index is 997. The van der Waals surface area contributed by atoms with E-state index in [2.05, 4.69) is 45.6 Å². The lowest BCUT2D eigenvalue weighted by Gasteiger charge is -2.29. The summed E-state index contributed by atoms with van der Waals surface area (Å²) in [4.78, 5) is 13.1. The molecule has 2 rings (SSSR count). The Balaban J connectivity index is 2.32. The third-order valence-electron chi connectivity index (χ3n) is 5.04. The van der Waals surface area contributed by atoms with Gasteiger partial charge in [-0.15, -0.1) is 0 Å². The van der Waals surface area contributed by atoms with Gasteiger partial charge in [0.05, 0.1) is 5.69 Å². The highest BCUT2D eigenvalue weighted by atomic mass is 16.2. The largest absolute Gasteiger partial charge is 0.351 e. The van der Waals surface area contributed by atoms with E-state index in [9.17, 15) is 4.79 Å². The van der Waals surface area contributed by atoms with Crippen LogP contribution in [0.15, 0.2) is 91.1 Å². The summed E-state index contributed by atoms with van der Waals surface area (Å²) in [6.45, 7) is 19.7. The van der Waals surface area contributed by atoms with E-state index < -0.39 is 5.54 Å². The van der Waals surface area contributed by atoms with E-state index in [4.69, 9.17) is 0 Å². The first-order valence-electron chi connectivity index (χ1n) is 9.76. The van der Waals surface area contributed by atoms with Crippen molar-refractivity contribution in [2.24, 2.45) is 5.92 Å². The average Bonchev–Trinajstić information content (AvgIpc) is 3.07. The topological polar surface area (TPSA) is 39.8 Å². The van der Waals surface area contributed by atoms with Gasteiger partial charge in [0.2, 0.25) is 0 Å². The van der Waals surface area contributed by atoms with Gasteiger partial charge in [-0.05, 0) is 56.4 Å². The van der Waals surface area contributed by atoms with Crippen LogP contribution in [0.25, 0.3) is 11.3 Å². The van der Waals surface area contributed by atoms with E-state index in [1.54, 1.807) is 23.0 Å². The van der Waals surface area contributed by atoms with Crippen LogP contribution in [0.1, 0.15) is 39.7 Å². The van der Waals surface area contributed by atoms with Crippen molar-refractivity contribution in [1.29, 1.82) is 0 Å². The summed E-state index contributed by atoms with van der Waals surface area (Å²) in [6.07, 6.45) is 11.9. The highest BCUT2D eigenvalue weighted by molar-refractivity contribution is 5.62. The van der Waals surface area contributed by atoms with Crippen LogP contribution < -0.4 is 5.69 Å². The first-order chi connectivity index (χ1) is 13.7. The van der Waals surface area contributed by atoms with Gasteiger partial charge in [-0.25, -0.2) is 4.79 Å². The fourth-order valence-corrected chi connectivity index (χ4v) is 3.45. The molecule has 4 heteroatoms. The third kappa shape index (κ3) is 5.23. The third-order valence-corrected chi connectivity index (χ3v) is 5.04. The van der Waals surface area contributed by atoms with Crippen molar-refractivity contribution in [3.63, 3.8) is 0 Å². The SMILES string of the molecule is C=C/C=C\C(=C/C=C)C(C)CC(C)(C)n1cnn(-c2ccc(C(=C)C)cc2)c1=O. The van der Waals surface area contributed by atoms with Crippen LogP contribution >= 0.6 is 0 Å². The standard InChI is InChI=1S/C25H31N3O/c1-8-10-12-22(11-9-2)20(5)17-25(6,7)27-18-26-28(24(27)29)23-15-13-21(14-16-23)19(3)4/h8-16,18,20H,1-3,17H2,4-7H3/b12-10-,22-11+. The van der Waals surface area contributed by atoms with Crippen LogP contribution in [0.3, 0.4) is 0 Å². The van der Waals surface area contributed by atoms with E-state index in [-0.39, 0.29) is 11.6 Å². The predicted molar refractivity (Wildman–Crippen MR) is 123 cm³/mol. The second-order valence-electron chi connectivity index (χ2n) is 7.94. The van der Waals surface area contributed by atoms with Crippen molar-refractivity contribution >= 4 is 5.57 Å². The Morgan fingerprint density at radius 1 is 1.21 bits per heavy atom. The van der Waals surface area contributed by atoms with E-state index in [0.717, 1.165) is 28.8 Å². The van der Waals surface area contributed by atoms with Crippen LogP contribution in [0, 0.1) is 5.92 Å². The normalized spacial score (nSPS) is 13.4. The summed E-state index contributed by atoms with van der Waals surface area (Å²) >= 11 is 0. The van der Waals surface area contributed by atoms with E-state index in [0.29, 0.717) is 0 Å². The Morgan fingerprint density at radius 2 is 1.86 bits per heavy atom. The number of benzene rings is 1. The Hall–Kier alpha value is -3.14. The lowest BCUT2D eigenvalue weighted by atomic mass is 9.86. The molecule has 0 aliphatic rings. The summed E-state index contributed by atoms with van der Waals surface area (Å²) in [7, 11) is 0. The van der Waals surface area contributed by atoms with Crippen molar-refractivity contribution < 1.29 is 0 Å². The monoisotopic (exact) mass is 389 g/mol. The molecule has 1 unspecified atom stereocenters. The van der Waals surface area contributed by atoms with Crippen LogP contribution in [0.2, 0.25) is 0 Å². The molecule has 0 fully saturated rings. The molecule has 0 saturated heterocycles. The second kappa shape index (κ2) is 9.37. The van der Waals surface area contributed by atoms with Gasteiger partial charge in [-0.1, -0.05) is 74.7 Å². The van der Waals surface area contributed by atoms with Gasteiger partial charge in [0.25, 0.3) is 0 Å². The summed E-state index contributed by atoms with van der Waals surface area (Å²) in [5, 5.41) is 4.35.